The van der Waals surface area contributed by atoms with E-state index in [4.69, 9.17) is 4.74 Å². The van der Waals surface area contributed by atoms with Crippen molar-refractivity contribution in [1.82, 2.24) is 0 Å². The standard InChI is InChI=1S/C16H21FO2/c1-19-16(10-4-2-3-5-11-16)15(18)12-13-6-8-14(17)9-7-13/h6-9H,2-5,10-12H2,1H3. The Labute approximate surface area is 114 Å². The average Bonchev–Trinajstić information content (AvgIpc) is 2.67. The fourth-order valence-corrected chi connectivity index (χ4v) is 2.85. The highest BCUT2D eigenvalue weighted by atomic mass is 19.1. The topological polar surface area (TPSA) is 26.3 Å². The molecule has 0 saturated heterocycles. The van der Waals surface area contributed by atoms with Gasteiger partial charge in [0.1, 0.15) is 11.4 Å². The van der Waals surface area contributed by atoms with Crippen molar-refractivity contribution in [3.05, 3.63) is 35.6 Å². The van der Waals surface area contributed by atoms with Gasteiger partial charge in [0.2, 0.25) is 0 Å². The van der Waals surface area contributed by atoms with Crippen LogP contribution in [0.15, 0.2) is 24.3 Å². The van der Waals surface area contributed by atoms with E-state index in [1.54, 1.807) is 19.2 Å². The molecule has 1 aromatic carbocycles. The molecule has 1 aliphatic rings. The molecule has 0 bridgehead atoms. The zero-order chi connectivity index (χ0) is 13.7. The summed E-state index contributed by atoms with van der Waals surface area (Å²) in [5.41, 5.74) is 0.234. The zero-order valence-electron chi connectivity index (χ0n) is 11.5. The SMILES string of the molecule is COC1(C(=O)Cc2ccc(F)cc2)CCCCCC1. The summed E-state index contributed by atoms with van der Waals surface area (Å²) in [5, 5.41) is 0. The lowest BCUT2D eigenvalue weighted by Gasteiger charge is -2.29. The van der Waals surface area contributed by atoms with Crippen molar-refractivity contribution in [2.24, 2.45) is 0 Å². The van der Waals surface area contributed by atoms with E-state index >= 15 is 0 Å². The minimum atomic E-state index is -0.620. The molecule has 0 amide bonds. The molecule has 2 nitrogen and oxygen atoms in total. The Morgan fingerprint density at radius 3 is 2.26 bits per heavy atom. The van der Waals surface area contributed by atoms with Crippen LogP contribution in [-0.4, -0.2) is 18.5 Å². The molecule has 104 valence electrons. The minimum absolute atomic E-state index is 0.128. The summed E-state index contributed by atoms with van der Waals surface area (Å²) in [5.74, 6) is -0.143. The van der Waals surface area contributed by atoms with Gasteiger partial charge in [0.05, 0.1) is 0 Å². The number of Topliss-reactive ketones (excluding diaryl/α,β-unsaturated/α-hetero) is 1. The summed E-state index contributed by atoms with van der Waals surface area (Å²) in [4.78, 5) is 12.5. The molecule has 0 aromatic heterocycles. The number of hydrogen-bond acceptors (Lipinski definition) is 2. The smallest absolute Gasteiger partial charge is 0.168 e. The molecule has 1 aliphatic carbocycles. The first-order chi connectivity index (χ1) is 9.16. The molecule has 0 spiro atoms. The number of hydrogen-bond donors (Lipinski definition) is 0. The van der Waals surface area contributed by atoms with Crippen LogP contribution in [0.2, 0.25) is 0 Å². The average molecular weight is 264 g/mol. The molecule has 1 aromatic rings. The van der Waals surface area contributed by atoms with Gasteiger partial charge >= 0.3 is 0 Å². The first-order valence-electron chi connectivity index (χ1n) is 6.99. The number of ketones is 1. The highest BCUT2D eigenvalue weighted by molar-refractivity contribution is 5.89. The van der Waals surface area contributed by atoms with Gasteiger partial charge in [-0.15, -0.1) is 0 Å². The molecule has 1 fully saturated rings. The maximum absolute atomic E-state index is 12.9. The lowest BCUT2D eigenvalue weighted by atomic mass is 9.86. The molecule has 1 saturated carbocycles. The van der Waals surface area contributed by atoms with Crippen molar-refractivity contribution in [1.29, 1.82) is 0 Å². The summed E-state index contributed by atoms with van der Waals surface area (Å²) in [7, 11) is 1.63. The largest absolute Gasteiger partial charge is 0.370 e. The molecule has 19 heavy (non-hydrogen) atoms. The van der Waals surface area contributed by atoms with Crippen molar-refractivity contribution in [2.75, 3.05) is 7.11 Å². The van der Waals surface area contributed by atoms with Gasteiger partial charge in [-0.1, -0.05) is 37.8 Å². The lowest BCUT2D eigenvalue weighted by Crippen LogP contribution is -2.41. The summed E-state index contributed by atoms with van der Waals surface area (Å²) >= 11 is 0. The van der Waals surface area contributed by atoms with Crippen LogP contribution in [0.4, 0.5) is 4.39 Å². The molecule has 0 aliphatic heterocycles. The van der Waals surface area contributed by atoms with Crippen molar-refractivity contribution >= 4 is 5.78 Å². The van der Waals surface area contributed by atoms with Crippen LogP contribution in [0, 0.1) is 5.82 Å². The van der Waals surface area contributed by atoms with Crippen LogP contribution in [0.3, 0.4) is 0 Å². The molecule has 0 radical (unpaired) electrons. The Morgan fingerprint density at radius 1 is 1.16 bits per heavy atom. The second kappa shape index (κ2) is 6.29. The van der Waals surface area contributed by atoms with Gasteiger partial charge in [-0.25, -0.2) is 4.39 Å². The molecule has 2 rings (SSSR count). The first kappa shape index (κ1) is 14.2. The third-order valence-corrected chi connectivity index (χ3v) is 4.09. The molecular formula is C16H21FO2. The number of carbonyl (C=O) groups is 1. The predicted octanol–water partition coefficient (Wildman–Crippen LogP) is 3.68. The van der Waals surface area contributed by atoms with E-state index in [1.165, 1.54) is 25.0 Å². The second-order valence-corrected chi connectivity index (χ2v) is 5.34. The van der Waals surface area contributed by atoms with E-state index < -0.39 is 5.60 Å². The molecule has 0 atom stereocenters. The van der Waals surface area contributed by atoms with Crippen molar-refractivity contribution in [3.63, 3.8) is 0 Å². The molecule has 0 unspecified atom stereocenters. The third-order valence-electron chi connectivity index (χ3n) is 4.09. The molecule has 0 N–H and O–H groups in total. The summed E-state index contributed by atoms with van der Waals surface area (Å²) < 4.78 is 18.5. The Morgan fingerprint density at radius 2 is 1.74 bits per heavy atom. The Bertz CT molecular complexity index is 417. The number of methoxy groups -OCH3 is 1. The van der Waals surface area contributed by atoms with Gasteiger partial charge < -0.3 is 4.74 Å². The van der Waals surface area contributed by atoms with E-state index in [9.17, 15) is 9.18 Å². The van der Waals surface area contributed by atoms with Crippen LogP contribution in [0.5, 0.6) is 0 Å². The predicted molar refractivity (Wildman–Crippen MR) is 72.6 cm³/mol. The molecular weight excluding hydrogens is 243 g/mol. The molecule has 3 heteroatoms. The van der Waals surface area contributed by atoms with E-state index in [0.717, 1.165) is 31.2 Å². The zero-order valence-corrected chi connectivity index (χ0v) is 11.5. The van der Waals surface area contributed by atoms with E-state index in [1.807, 2.05) is 0 Å². The highest BCUT2D eigenvalue weighted by Crippen LogP contribution is 2.31. The Kier molecular flexibility index (Phi) is 4.70. The number of rotatable bonds is 4. The van der Waals surface area contributed by atoms with E-state index in [-0.39, 0.29) is 11.6 Å². The van der Waals surface area contributed by atoms with Crippen LogP contribution in [-0.2, 0) is 16.0 Å². The normalized spacial score (nSPS) is 18.8. The number of benzene rings is 1. The third kappa shape index (κ3) is 3.41. The fraction of sp³-hybridized carbons (Fsp3) is 0.562. The van der Waals surface area contributed by atoms with Crippen molar-refractivity contribution in [2.45, 2.75) is 50.5 Å². The van der Waals surface area contributed by atoms with Crippen LogP contribution < -0.4 is 0 Å². The van der Waals surface area contributed by atoms with E-state index in [2.05, 4.69) is 0 Å². The highest BCUT2D eigenvalue weighted by Gasteiger charge is 2.37. The monoisotopic (exact) mass is 264 g/mol. The van der Waals surface area contributed by atoms with Crippen LogP contribution in [0.1, 0.15) is 44.1 Å². The minimum Gasteiger partial charge on any atom is -0.370 e. The summed E-state index contributed by atoms with van der Waals surface area (Å²) in [6.07, 6.45) is 6.39. The van der Waals surface area contributed by atoms with Gasteiger partial charge in [-0.05, 0) is 30.5 Å². The van der Waals surface area contributed by atoms with Crippen molar-refractivity contribution < 1.29 is 13.9 Å². The summed E-state index contributed by atoms with van der Waals surface area (Å²) in [6, 6.07) is 6.14. The number of halogens is 1. The van der Waals surface area contributed by atoms with Gasteiger partial charge in [-0.2, -0.15) is 0 Å². The van der Waals surface area contributed by atoms with E-state index in [0.29, 0.717) is 6.42 Å². The second-order valence-electron chi connectivity index (χ2n) is 5.34. The Hall–Kier alpha value is -1.22. The van der Waals surface area contributed by atoms with Gasteiger partial charge in [0.15, 0.2) is 5.78 Å². The number of carbonyl (C=O) groups excluding carboxylic acids is 1. The Balaban J connectivity index is 2.09. The van der Waals surface area contributed by atoms with Gasteiger partial charge in [-0.3, -0.25) is 4.79 Å². The maximum atomic E-state index is 12.9. The number of ether oxygens (including phenoxy) is 1. The van der Waals surface area contributed by atoms with Crippen LogP contribution >= 0.6 is 0 Å². The fourth-order valence-electron chi connectivity index (χ4n) is 2.85. The maximum Gasteiger partial charge on any atom is 0.168 e. The lowest BCUT2D eigenvalue weighted by molar-refractivity contribution is -0.142. The van der Waals surface area contributed by atoms with Crippen molar-refractivity contribution in [3.8, 4) is 0 Å². The van der Waals surface area contributed by atoms with Gasteiger partial charge in [0.25, 0.3) is 0 Å². The summed E-state index contributed by atoms with van der Waals surface area (Å²) in [6.45, 7) is 0. The first-order valence-corrected chi connectivity index (χ1v) is 6.99. The quantitative estimate of drug-likeness (QED) is 0.775. The molecule has 0 heterocycles. The van der Waals surface area contributed by atoms with Crippen LogP contribution in [0.25, 0.3) is 0 Å². The van der Waals surface area contributed by atoms with Gasteiger partial charge in [0, 0.05) is 13.5 Å².